The second-order valence-electron chi connectivity index (χ2n) is 5.28. The smallest absolute Gasteiger partial charge is 0.251 e. The molecule has 0 saturated heterocycles. The van der Waals surface area contributed by atoms with Gasteiger partial charge >= 0.3 is 0 Å². The molecule has 1 fully saturated rings. The standard InChI is InChI=1S/C15H21ClN2O/c1-2-5-13-8-12(9-14(16)18-13)15(19)17-10-11-6-3-4-7-11/h8-9,11H,2-7,10H2,1H3,(H,17,19). The number of nitrogens with one attached hydrogen (secondary N) is 1. The summed E-state index contributed by atoms with van der Waals surface area (Å²) in [5.74, 6) is 0.616. The average Bonchev–Trinajstić information content (AvgIpc) is 2.88. The maximum atomic E-state index is 12.1. The fourth-order valence-corrected chi connectivity index (χ4v) is 2.85. The van der Waals surface area contributed by atoms with Gasteiger partial charge in [-0.25, -0.2) is 4.98 Å². The van der Waals surface area contributed by atoms with Crippen molar-refractivity contribution in [1.29, 1.82) is 0 Å². The summed E-state index contributed by atoms with van der Waals surface area (Å²) in [7, 11) is 0. The Morgan fingerprint density at radius 2 is 2.16 bits per heavy atom. The minimum atomic E-state index is -0.0337. The minimum absolute atomic E-state index is 0.0337. The van der Waals surface area contributed by atoms with E-state index in [0.717, 1.165) is 25.1 Å². The summed E-state index contributed by atoms with van der Waals surface area (Å²) in [6, 6.07) is 3.49. The summed E-state index contributed by atoms with van der Waals surface area (Å²) in [5, 5.41) is 3.41. The molecule has 0 radical (unpaired) electrons. The molecule has 2 rings (SSSR count). The number of hydrogen-bond donors (Lipinski definition) is 1. The normalized spacial score (nSPS) is 15.7. The Bertz CT molecular complexity index is 442. The topological polar surface area (TPSA) is 42.0 Å². The highest BCUT2D eigenvalue weighted by atomic mass is 35.5. The number of carbonyl (C=O) groups excluding carboxylic acids is 1. The van der Waals surface area contributed by atoms with Gasteiger partial charge in [0, 0.05) is 17.8 Å². The van der Waals surface area contributed by atoms with Crippen LogP contribution in [-0.2, 0) is 6.42 Å². The monoisotopic (exact) mass is 280 g/mol. The summed E-state index contributed by atoms with van der Waals surface area (Å²) in [5.41, 5.74) is 1.52. The Balaban J connectivity index is 1.97. The minimum Gasteiger partial charge on any atom is -0.352 e. The molecule has 0 aliphatic heterocycles. The van der Waals surface area contributed by atoms with Crippen molar-refractivity contribution in [1.82, 2.24) is 10.3 Å². The van der Waals surface area contributed by atoms with E-state index in [1.165, 1.54) is 25.7 Å². The third-order valence-electron chi connectivity index (χ3n) is 3.64. The van der Waals surface area contributed by atoms with Crippen LogP contribution in [0.25, 0.3) is 0 Å². The van der Waals surface area contributed by atoms with E-state index in [2.05, 4.69) is 17.2 Å². The van der Waals surface area contributed by atoms with Crippen molar-refractivity contribution < 1.29 is 4.79 Å². The van der Waals surface area contributed by atoms with Crippen molar-refractivity contribution in [3.05, 3.63) is 28.5 Å². The van der Waals surface area contributed by atoms with Gasteiger partial charge in [-0.15, -0.1) is 0 Å². The van der Waals surface area contributed by atoms with Crippen molar-refractivity contribution in [2.45, 2.75) is 45.4 Å². The van der Waals surface area contributed by atoms with Crippen LogP contribution in [0.3, 0.4) is 0 Å². The van der Waals surface area contributed by atoms with Crippen LogP contribution in [0.5, 0.6) is 0 Å². The SMILES string of the molecule is CCCc1cc(C(=O)NCC2CCCC2)cc(Cl)n1. The van der Waals surface area contributed by atoms with E-state index >= 15 is 0 Å². The highest BCUT2D eigenvalue weighted by Gasteiger charge is 2.16. The Hall–Kier alpha value is -1.09. The molecule has 3 nitrogen and oxygen atoms in total. The van der Waals surface area contributed by atoms with E-state index in [0.29, 0.717) is 16.6 Å². The lowest BCUT2D eigenvalue weighted by Gasteiger charge is -2.11. The third kappa shape index (κ3) is 4.20. The van der Waals surface area contributed by atoms with E-state index in [1.54, 1.807) is 6.07 Å². The zero-order chi connectivity index (χ0) is 13.7. The summed E-state index contributed by atoms with van der Waals surface area (Å²) < 4.78 is 0. The molecule has 1 aliphatic rings. The number of nitrogens with zero attached hydrogens (tertiary/aromatic N) is 1. The van der Waals surface area contributed by atoms with Crippen molar-refractivity contribution in [3.8, 4) is 0 Å². The first-order chi connectivity index (χ1) is 9.19. The molecule has 104 valence electrons. The lowest BCUT2D eigenvalue weighted by atomic mass is 10.1. The van der Waals surface area contributed by atoms with Gasteiger partial charge in [0.05, 0.1) is 0 Å². The van der Waals surface area contributed by atoms with Crippen molar-refractivity contribution in [2.75, 3.05) is 6.54 Å². The number of aromatic nitrogens is 1. The molecule has 0 unspecified atom stereocenters. The van der Waals surface area contributed by atoms with Crippen LogP contribution >= 0.6 is 11.6 Å². The first-order valence-corrected chi connectivity index (χ1v) is 7.51. The molecule has 1 aromatic heterocycles. The number of hydrogen-bond acceptors (Lipinski definition) is 2. The van der Waals surface area contributed by atoms with Gasteiger partial charge in [0.25, 0.3) is 5.91 Å². The molecule has 19 heavy (non-hydrogen) atoms. The zero-order valence-electron chi connectivity index (χ0n) is 11.4. The molecule has 1 saturated carbocycles. The number of halogens is 1. The van der Waals surface area contributed by atoms with Crippen LogP contribution in [0.15, 0.2) is 12.1 Å². The van der Waals surface area contributed by atoms with Gasteiger partial charge in [-0.3, -0.25) is 4.79 Å². The third-order valence-corrected chi connectivity index (χ3v) is 3.84. The predicted octanol–water partition coefficient (Wildman–Crippen LogP) is 3.61. The van der Waals surface area contributed by atoms with Crippen LogP contribution in [0.1, 0.15) is 55.1 Å². The largest absolute Gasteiger partial charge is 0.352 e. The van der Waals surface area contributed by atoms with Crippen molar-refractivity contribution in [2.24, 2.45) is 5.92 Å². The summed E-state index contributed by atoms with van der Waals surface area (Å²) in [6.45, 7) is 2.87. The van der Waals surface area contributed by atoms with Crippen molar-refractivity contribution in [3.63, 3.8) is 0 Å². The number of aryl methyl sites for hydroxylation is 1. The molecule has 0 aromatic carbocycles. The van der Waals surface area contributed by atoms with Gasteiger partial charge in [-0.1, -0.05) is 37.8 Å². The lowest BCUT2D eigenvalue weighted by Crippen LogP contribution is -2.28. The Morgan fingerprint density at radius 1 is 1.42 bits per heavy atom. The first kappa shape index (κ1) is 14.3. The van der Waals surface area contributed by atoms with Gasteiger partial charge < -0.3 is 5.32 Å². The van der Waals surface area contributed by atoms with Gasteiger partial charge in [0.1, 0.15) is 5.15 Å². The Labute approximate surface area is 119 Å². The van der Waals surface area contributed by atoms with Gasteiger partial charge in [0.2, 0.25) is 0 Å². The van der Waals surface area contributed by atoms with Crippen LogP contribution in [-0.4, -0.2) is 17.4 Å². The van der Waals surface area contributed by atoms with Gasteiger partial charge in [-0.05, 0) is 37.3 Å². The number of amides is 1. The van der Waals surface area contributed by atoms with E-state index in [9.17, 15) is 4.79 Å². The summed E-state index contributed by atoms with van der Waals surface area (Å²) in [4.78, 5) is 16.3. The maximum absolute atomic E-state index is 12.1. The molecular formula is C15H21ClN2O. The number of rotatable bonds is 5. The summed E-state index contributed by atoms with van der Waals surface area (Å²) in [6.07, 6.45) is 6.90. The van der Waals surface area contributed by atoms with Crippen LogP contribution in [0.2, 0.25) is 5.15 Å². The Morgan fingerprint density at radius 3 is 2.84 bits per heavy atom. The van der Waals surface area contributed by atoms with E-state index < -0.39 is 0 Å². The van der Waals surface area contributed by atoms with E-state index in [1.807, 2.05) is 6.07 Å². The molecule has 1 aromatic rings. The van der Waals surface area contributed by atoms with Crippen LogP contribution in [0, 0.1) is 5.92 Å². The highest BCUT2D eigenvalue weighted by molar-refractivity contribution is 6.29. The average molecular weight is 281 g/mol. The molecule has 0 bridgehead atoms. The molecule has 1 N–H and O–H groups in total. The quantitative estimate of drug-likeness (QED) is 0.837. The number of carbonyl (C=O) groups is 1. The maximum Gasteiger partial charge on any atom is 0.251 e. The molecule has 0 atom stereocenters. The molecular weight excluding hydrogens is 260 g/mol. The number of pyridine rings is 1. The van der Waals surface area contributed by atoms with E-state index in [-0.39, 0.29) is 5.91 Å². The molecule has 1 aliphatic carbocycles. The van der Waals surface area contributed by atoms with Gasteiger partial charge in [0.15, 0.2) is 0 Å². The highest BCUT2D eigenvalue weighted by Crippen LogP contribution is 2.23. The summed E-state index contributed by atoms with van der Waals surface area (Å²) >= 11 is 5.97. The molecule has 1 heterocycles. The molecule has 0 spiro atoms. The predicted molar refractivity (Wildman–Crippen MR) is 77.5 cm³/mol. The zero-order valence-corrected chi connectivity index (χ0v) is 12.2. The lowest BCUT2D eigenvalue weighted by molar-refractivity contribution is 0.0947. The van der Waals surface area contributed by atoms with Crippen LogP contribution < -0.4 is 5.32 Å². The van der Waals surface area contributed by atoms with Crippen LogP contribution in [0.4, 0.5) is 0 Å². The van der Waals surface area contributed by atoms with Gasteiger partial charge in [-0.2, -0.15) is 0 Å². The molecule has 4 heteroatoms. The van der Waals surface area contributed by atoms with E-state index in [4.69, 9.17) is 11.6 Å². The second-order valence-corrected chi connectivity index (χ2v) is 5.67. The molecule has 1 amide bonds. The first-order valence-electron chi connectivity index (χ1n) is 7.13. The Kier molecular flexibility index (Phi) is 5.20. The second kappa shape index (κ2) is 6.90. The van der Waals surface area contributed by atoms with Crippen molar-refractivity contribution >= 4 is 17.5 Å². The fraction of sp³-hybridized carbons (Fsp3) is 0.600. The fourth-order valence-electron chi connectivity index (χ4n) is 2.62.